The molecule has 1 amide bonds. The first-order valence-corrected chi connectivity index (χ1v) is 6.96. The number of nitrogens with zero attached hydrogens (tertiary/aromatic N) is 2. The lowest BCUT2D eigenvalue weighted by molar-refractivity contribution is -0.134. The average Bonchev–Trinajstić information content (AvgIpc) is 2.51. The smallest absolute Gasteiger partial charge is 0.224 e. The zero-order valence-corrected chi connectivity index (χ0v) is 11.5. The Balaban J connectivity index is 1.86. The van der Waals surface area contributed by atoms with E-state index in [9.17, 15) is 4.79 Å². The van der Waals surface area contributed by atoms with Gasteiger partial charge >= 0.3 is 0 Å². The number of carbonyl (C=O) groups is 1. The second-order valence-electron chi connectivity index (χ2n) is 5.48. The van der Waals surface area contributed by atoms with Gasteiger partial charge in [0.25, 0.3) is 0 Å². The summed E-state index contributed by atoms with van der Waals surface area (Å²) in [5, 5.41) is 3.35. The number of hydrogen-bond acceptors (Lipinski definition) is 4. The summed E-state index contributed by atoms with van der Waals surface area (Å²) in [4.78, 5) is 16.7. The van der Waals surface area contributed by atoms with Crippen molar-refractivity contribution >= 4 is 5.91 Å². The Kier molecular flexibility index (Phi) is 4.97. The van der Waals surface area contributed by atoms with Crippen LogP contribution in [0.3, 0.4) is 0 Å². The summed E-state index contributed by atoms with van der Waals surface area (Å²) in [7, 11) is 2.13. The zero-order chi connectivity index (χ0) is 13.0. The first-order chi connectivity index (χ1) is 8.66. The summed E-state index contributed by atoms with van der Waals surface area (Å²) in [5.41, 5.74) is 0. The molecule has 104 valence electrons. The topological polar surface area (TPSA) is 44.8 Å². The number of likely N-dealkylation sites (N-methyl/N-ethyl adjacent to an activating group) is 1. The number of nitrogens with one attached hydrogen (secondary N) is 1. The van der Waals surface area contributed by atoms with Crippen LogP contribution in [0.1, 0.15) is 19.8 Å². The molecule has 18 heavy (non-hydrogen) atoms. The number of carbonyl (C=O) groups excluding carboxylic acids is 1. The van der Waals surface area contributed by atoms with E-state index in [1.165, 1.54) is 0 Å². The maximum absolute atomic E-state index is 12.3. The second-order valence-corrected chi connectivity index (χ2v) is 5.48. The minimum absolute atomic E-state index is 0.194. The predicted octanol–water partition coefficient (Wildman–Crippen LogP) is -0.0825. The van der Waals surface area contributed by atoms with Gasteiger partial charge in [-0.2, -0.15) is 0 Å². The van der Waals surface area contributed by atoms with Gasteiger partial charge in [-0.3, -0.25) is 4.79 Å². The highest BCUT2D eigenvalue weighted by molar-refractivity contribution is 5.77. The first kappa shape index (κ1) is 13.8. The first-order valence-electron chi connectivity index (χ1n) is 6.96. The van der Waals surface area contributed by atoms with Crippen LogP contribution in [0.15, 0.2) is 0 Å². The Morgan fingerprint density at radius 2 is 2.28 bits per heavy atom. The summed E-state index contributed by atoms with van der Waals surface area (Å²) in [6.45, 7) is 7.36. The fourth-order valence-electron chi connectivity index (χ4n) is 2.82. The van der Waals surface area contributed by atoms with Crippen molar-refractivity contribution in [2.24, 2.45) is 0 Å². The van der Waals surface area contributed by atoms with E-state index in [1.807, 2.05) is 4.90 Å². The van der Waals surface area contributed by atoms with Gasteiger partial charge in [-0.1, -0.05) is 0 Å². The Morgan fingerprint density at radius 1 is 1.44 bits per heavy atom. The van der Waals surface area contributed by atoms with Gasteiger partial charge in [0.2, 0.25) is 5.91 Å². The van der Waals surface area contributed by atoms with Crippen LogP contribution >= 0.6 is 0 Å². The molecule has 2 fully saturated rings. The fourth-order valence-corrected chi connectivity index (χ4v) is 2.82. The maximum Gasteiger partial charge on any atom is 0.224 e. The number of hydrogen-bond donors (Lipinski definition) is 1. The molecule has 0 bridgehead atoms. The number of amides is 1. The van der Waals surface area contributed by atoms with Crippen molar-refractivity contribution in [3.63, 3.8) is 0 Å². The molecule has 2 aliphatic heterocycles. The van der Waals surface area contributed by atoms with Gasteiger partial charge in [-0.15, -0.1) is 0 Å². The van der Waals surface area contributed by atoms with Crippen molar-refractivity contribution in [3.8, 4) is 0 Å². The van der Waals surface area contributed by atoms with E-state index in [0.29, 0.717) is 19.1 Å². The number of rotatable bonds is 2. The van der Waals surface area contributed by atoms with Crippen molar-refractivity contribution < 1.29 is 9.53 Å². The van der Waals surface area contributed by atoms with Crippen molar-refractivity contribution in [3.05, 3.63) is 0 Å². The summed E-state index contributed by atoms with van der Waals surface area (Å²) < 4.78 is 5.40. The molecule has 2 rings (SSSR count). The molecule has 0 saturated carbocycles. The molecule has 2 unspecified atom stereocenters. The predicted molar refractivity (Wildman–Crippen MR) is 70.5 cm³/mol. The van der Waals surface area contributed by atoms with Crippen LogP contribution < -0.4 is 5.32 Å². The van der Waals surface area contributed by atoms with Crippen molar-refractivity contribution in [2.45, 2.75) is 31.8 Å². The van der Waals surface area contributed by atoms with Crippen LogP contribution in [0.5, 0.6) is 0 Å². The molecule has 0 aliphatic carbocycles. The third-order valence-electron chi connectivity index (χ3n) is 3.79. The number of morpholine rings is 1. The van der Waals surface area contributed by atoms with Gasteiger partial charge in [0.15, 0.2) is 0 Å². The van der Waals surface area contributed by atoms with Gasteiger partial charge in [-0.25, -0.2) is 0 Å². The molecular formula is C13H25N3O2. The monoisotopic (exact) mass is 255 g/mol. The lowest BCUT2D eigenvalue weighted by Crippen LogP contribution is -2.48. The molecule has 0 spiro atoms. The quantitative estimate of drug-likeness (QED) is 0.749. The summed E-state index contributed by atoms with van der Waals surface area (Å²) >= 11 is 0. The van der Waals surface area contributed by atoms with E-state index < -0.39 is 0 Å². The molecule has 0 aromatic rings. The van der Waals surface area contributed by atoms with E-state index in [4.69, 9.17) is 4.74 Å². The van der Waals surface area contributed by atoms with Crippen molar-refractivity contribution in [2.75, 3.05) is 46.4 Å². The van der Waals surface area contributed by atoms with Gasteiger partial charge in [0, 0.05) is 38.1 Å². The molecule has 2 atom stereocenters. The van der Waals surface area contributed by atoms with Crippen LogP contribution in [0.4, 0.5) is 0 Å². The molecule has 2 aliphatic rings. The van der Waals surface area contributed by atoms with E-state index in [-0.39, 0.29) is 11.9 Å². The third kappa shape index (κ3) is 3.67. The largest absolute Gasteiger partial charge is 0.378 e. The SMILES string of the molecule is CC1CN(C)CCCN1C(=O)CC1COCCN1. The Hall–Kier alpha value is -0.650. The normalized spacial score (nSPS) is 31.1. The average molecular weight is 255 g/mol. The van der Waals surface area contributed by atoms with Gasteiger partial charge in [0.05, 0.1) is 13.2 Å². The Bertz CT molecular complexity index is 279. The van der Waals surface area contributed by atoms with Crippen LogP contribution in [-0.2, 0) is 9.53 Å². The minimum atomic E-state index is 0.194. The Morgan fingerprint density at radius 3 is 3.00 bits per heavy atom. The molecule has 0 aromatic carbocycles. The lowest BCUT2D eigenvalue weighted by atomic mass is 10.1. The van der Waals surface area contributed by atoms with Gasteiger partial charge in [0.1, 0.15) is 0 Å². The molecule has 1 N–H and O–H groups in total. The second kappa shape index (κ2) is 6.50. The summed E-state index contributed by atoms with van der Waals surface area (Å²) in [6, 6.07) is 0.508. The highest BCUT2D eigenvalue weighted by atomic mass is 16.5. The molecule has 2 saturated heterocycles. The lowest BCUT2D eigenvalue weighted by Gasteiger charge is -2.31. The van der Waals surface area contributed by atoms with Crippen molar-refractivity contribution in [1.82, 2.24) is 15.1 Å². The van der Waals surface area contributed by atoms with Crippen LogP contribution in [0.2, 0.25) is 0 Å². The zero-order valence-electron chi connectivity index (χ0n) is 11.5. The summed E-state index contributed by atoms with van der Waals surface area (Å²) in [6.07, 6.45) is 1.63. The van der Waals surface area contributed by atoms with E-state index in [2.05, 4.69) is 24.2 Å². The summed E-state index contributed by atoms with van der Waals surface area (Å²) in [5.74, 6) is 0.265. The Labute approximate surface area is 109 Å². The maximum atomic E-state index is 12.3. The van der Waals surface area contributed by atoms with Crippen LogP contribution in [0.25, 0.3) is 0 Å². The fraction of sp³-hybridized carbons (Fsp3) is 0.923. The van der Waals surface area contributed by atoms with Gasteiger partial charge in [-0.05, 0) is 26.9 Å². The minimum Gasteiger partial charge on any atom is -0.378 e. The molecular weight excluding hydrogens is 230 g/mol. The van der Waals surface area contributed by atoms with Crippen LogP contribution in [-0.4, -0.2) is 74.2 Å². The van der Waals surface area contributed by atoms with Crippen LogP contribution in [0, 0.1) is 0 Å². The highest BCUT2D eigenvalue weighted by Crippen LogP contribution is 2.12. The molecule has 0 aromatic heterocycles. The molecule has 2 heterocycles. The van der Waals surface area contributed by atoms with E-state index in [1.54, 1.807) is 0 Å². The van der Waals surface area contributed by atoms with Gasteiger partial charge < -0.3 is 19.9 Å². The molecule has 5 nitrogen and oxygen atoms in total. The molecule has 0 radical (unpaired) electrons. The third-order valence-corrected chi connectivity index (χ3v) is 3.79. The van der Waals surface area contributed by atoms with Crippen molar-refractivity contribution in [1.29, 1.82) is 0 Å². The number of ether oxygens (including phenoxy) is 1. The molecule has 5 heteroatoms. The van der Waals surface area contributed by atoms with E-state index >= 15 is 0 Å². The van der Waals surface area contributed by atoms with E-state index in [0.717, 1.165) is 39.2 Å². The standard InChI is InChI=1S/C13H25N3O2/c1-11-9-15(2)5-3-6-16(11)13(17)8-12-10-18-7-4-14-12/h11-12,14H,3-10H2,1-2H3. The highest BCUT2D eigenvalue weighted by Gasteiger charge is 2.26.